The SMILES string of the molecule is CCC(CC)C(Cl)CNC(=O)c1ccc(O)c(O)c1. The second-order valence-corrected chi connectivity index (χ2v) is 5.07. The Labute approximate surface area is 118 Å². The van der Waals surface area contributed by atoms with Crippen molar-refractivity contribution in [3.05, 3.63) is 23.8 Å². The fourth-order valence-electron chi connectivity index (χ4n) is 1.92. The molecule has 1 atom stereocenters. The van der Waals surface area contributed by atoms with E-state index in [1.807, 2.05) is 0 Å². The van der Waals surface area contributed by atoms with Gasteiger partial charge in [-0.3, -0.25) is 4.79 Å². The molecule has 5 heteroatoms. The molecule has 1 aromatic carbocycles. The first-order valence-electron chi connectivity index (χ1n) is 6.43. The van der Waals surface area contributed by atoms with Gasteiger partial charge in [-0.1, -0.05) is 26.7 Å². The number of alkyl halides is 1. The lowest BCUT2D eigenvalue weighted by Gasteiger charge is -2.19. The van der Waals surface area contributed by atoms with Crippen LogP contribution < -0.4 is 5.32 Å². The second kappa shape index (κ2) is 7.24. The zero-order valence-electron chi connectivity index (χ0n) is 11.2. The molecule has 0 bridgehead atoms. The highest BCUT2D eigenvalue weighted by Crippen LogP contribution is 2.24. The van der Waals surface area contributed by atoms with E-state index in [9.17, 15) is 15.0 Å². The van der Waals surface area contributed by atoms with E-state index in [1.54, 1.807) is 0 Å². The van der Waals surface area contributed by atoms with E-state index in [0.29, 0.717) is 18.0 Å². The first kappa shape index (κ1) is 15.6. The Morgan fingerprint density at radius 2 is 1.89 bits per heavy atom. The number of phenolic OH excluding ortho intramolecular Hbond substituents is 2. The first-order chi connectivity index (χ1) is 8.99. The fourth-order valence-corrected chi connectivity index (χ4v) is 2.36. The molecule has 4 nitrogen and oxygen atoms in total. The summed E-state index contributed by atoms with van der Waals surface area (Å²) in [6, 6.07) is 3.96. The zero-order valence-corrected chi connectivity index (χ0v) is 11.9. The van der Waals surface area contributed by atoms with Gasteiger partial charge in [-0.05, 0) is 24.1 Å². The van der Waals surface area contributed by atoms with Gasteiger partial charge < -0.3 is 15.5 Å². The summed E-state index contributed by atoms with van der Waals surface area (Å²) in [5.74, 6) is -0.499. The highest BCUT2D eigenvalue weighted by atomic mass is 35.5. The Morgan fingerprint density at radius 3 is 2.42 bits per heavy atom. The molecule has 0 spiro atoms. The molecular formula is C14H20ClNO3. The number of halogens is 1. The van der Waals surface area contributed by atoms with Crippen molar-refractivity contribution in [3.8, 4) is 11.5 Å². The van der Waals surface area contributed by atoms with Crippen LogP contribution >= 0.6 is 11.6 Å². The third-order valence-electron chi connectivity index (χ3n) is 3.26. The van der Waals surface area contributed by atoms with E-state index in [2.05, 4.69) is 19.2 Å². The van der Waals surface area contributed by atoms with Crippen LogP contribution in [0.25, 0.3) is 0 Å². The van der Waals surface area contributed by atoms with Crippen molar-refractivity contribution in [2.75, 3.05) is 6.54 Å². The molecule has 0 radical (unpaired) electrons. The number of hydrogen-bond acceptors (Lipinski definition) is 3. The Balaban J connectivity index is 2.58. The fraction of sp³-hybridized carbons (Fsp3) is 0.500. The number of nitrogens with one attached hydrogen (secondary N) is 1. The topological polar surface area (TPSA) is 69.6 Å². The number of hydrogen-bond donors (Lipinski definition) is 3. The van der Waals surface area contributed by atoms with Gasteiger partial charge in [0.05, 0.1) is 5.38 Å². The average Bonchev–Trinajstić information content (AvgIpc) is 2.40. The van der Waals surface area contributed by atoms with E-state index in [4.69, 9.17) is 11.6 Å². The Bertz CT molecular complexity index is 433. The van der Waals surface area contributed by atoms with Crippen molar-refractivity contribution in [1.29, 1.82) is 0 Å². The number of aromatic hydroxyl groups is 2. The minimum Gasteiger partial charge on any atom is -0.504 e. The quantitative estimate of drug-likeness (QED) is 0.556. The molecule has 0 fully saturated rings. The summed E-state index contributed by atoms with van der Waals surface area (Å²) in [5, 5.41) is 21.1. The molecule has 0 heterocycles. The first-order valence-corrected chi connectivity index (χ1v) is 6.87. The molecule has 1 unspecified atom stereocenters. The molecule has 3 N–H and O–H groups in total. The van der Waals surface area contributed by atoms with Gasteiger partial charge in [0.15, 0.2) is 11.5 Å². The van der Waals surface area contributed by atoms with Crippen molar-refractivity contribution < 1.29 is 15.0 Å². The Kier molecular flexibility index (Phi) is 5.96. The highest BCUT2D eigenvalue weighted by Gasteiger charge is 2.17. The minimum absolute atomic E-state index is 0.107. The maximum Gasteiger partial charge on any atom is 0.251 e. The highest BCUT2D eigenvalue weighted by molar-refractivity contribution is 6.21. The number of phenols is 2. The molecule has 0 aliphatic rings. The molecule has 0 aromatic heterocycles. The normalized spacial score (nSPS) is 12.4. The van der Waals surface area contributed by atoms with Crippen LogP contribution in [0.5, 0.6) is 11.5 Å². The number of carbonyl (C=O) groups excluding carboxylic acids is 1. The van der Waals surface area contributed by atoms with E-state index >= 15 is 0 Å². The predicted octanol–water partition coefficient (Wildman–Crippen LogP) is 2.87. The third kappa shape index (κ3) is 4.31. The standard InChI is InChI=1S/C14H20ClNO3/c1-3-9(4-2)11(15)8-16-14(19)10-5-6-12(17)13(18)7-10/h5-7,9,11,17-18H,3-4,8H2,1-2H3,(H,16,19). The monoisotopic (exact) mass is 285 g/mol. The number of benzene rings is 1. The number of rotatable bonds is 6. The molecule has 0 saturated carbocycles. The van der Waals surface area contributed by atoms with Gasteiger partial charge in [0, 0.05) is 12.1 Å². The molecule has 0 aliphatic heterocycles. The van der Waals surface area contributed by atoms with Crippen LogP contribution in [-0.4, -0.2) is 28.0 Å². The smallest absolute Gasteiger partial charge is 0.251 e. The second-order valence-electron chi connectivity index (χ2n) is 4.51. The molecule has 1 aromatic rings. The number of carbonyl (C=O) groups is 1. The lowest BCUT2D eigenvalue weighted by Crippen LogP contribution is -2.33. The van der Waals surface area contributed by atoms with Crippen LogP contribution in [0.2, 0.25) is 0 Å². The maximum absolute atomic E-state index is 11.8. The van der Waals surface area contributed by atoms with Crippen molar-refractivity contribution in [2.45, 2.75) is 32.1 Å². The Morgan fingerprint density at radius 1 is 1.26 bits per heavy atom. The van der Waals surface area contributed by atoms with E-state index in [1.165, 1.54) is 18.2 Å². The van der Waals surface area contributed by atoms with Gasteiger partial charge in [-0.15, -0.1) is 11.6 Å². The summed E-state index contributed by atoms with van der Waals surface area (Å²) in [6.45, 7) is 4.53. The van der Waals surface area contributed by atoms with Gasteiger partial charge in [-0.25, -0.2) is 0 Å². The maximum atomic E-state index is 11.8. The zero-order chi connectivity index (χ0) is 14.4. The van der Waals surface area contributed by atoms with Crippen LogP contribution in [0.1, 0.15) is 37.0 Å². The van der Waals surface area contributed by atoms with Gasteiger partial charge in [0.25, 0.3) is 5.91 Å². The van der Waals surface area contributed by atoms with Gasteiger partial charge in [0.1, 0.15) is 0 Å². The van der Waals surface area contributed by atoms with Gasteiger partial charge >= 0.3 is 0 Å². The van der Waals surface area contributed by atoms with E-state index in [-0.39, 0.29) is 22.8 Å². The molecular weight excluding hydrogens is 266 g/mol. The lowest BCUT2D eigenvalue weighted by atomic mass is 9.99. The van der Waals surface area contributed by atoms with Crippen molar-refractivity contribution >= 4 is 17.5 Å². The van der Waals surface area contributed by atoms with Crippen molar-refractivity contribution in [2.24, 2.45) is 5.92 Å². The van der Waals surface area contributed by atoms with Crippen LogP contribution in [0.15, 0.2) is 18.2 Å². The molecule has 1 amide bonds. The van der Waals surface area contributed by atoms with Gasteiger partial charge in [-0.2, -0.15) is 0 Å². The molecule has 1 rings (SSSR count). The lowest BCUT2D eigenvalue weighted by molar-refractivity contribution is 0.0951. The average molecular weight is 286 g/mol. The molecule has 19 heavy (non-hydrogen) atoms. The van der Waals surface area contributed by atoms with Crippen LogP contribution in [0.4, 0.5) is 0 Å². The summed E-state index contributed by atoms with van der Waals surface area (Å²) >= 11 is 6.23. The summed E-state index contributed by atoms with van der Waals surface area (Å²) < 4.78 is 0. The minimum atomic E-state index is -0.313. The largest absolute Gasteiger partial charge is 0.504 e. The van der Waals surface area contributed by atoms with Crippen LogP contribution in [0, 0.1) is 5.92 Å². The van der Waals surface area contributed by atoms with Crippen molar-refractivity contribution in [3.63, 3.8) is 0 Å². The molecule has 0 saturated heterocycles. The Hall–Kier alpha value is -1.42. The van der Waals surface area contributed by atoms with Crippen LogP contribution in [-0.2, 0) is 0 Å². The summed E-state index contributed by atoms with van der Waals surface area (Å²) in [6.07, 6.45) is 1.95. The summed E-state index contributed by atoms with van der Waals surface area (Å²) in [4.78, 5) is 11.8. The molecule has 106 valence electrons. The predicted molar refractivity (Wildman–Crippen MR) is 75.8 cm³/mol. The summed E-state index contributed by atoms with van der Waals surface area (Å²) in [5.41, 5.74) is 0.295. The third-order valence-corrected chi connectivity index (χ3v) is 3.77. The summed E-state index contributed by atoms with van der Waals surface area (Å²) in [7, 11) is 0. The van der Waals surface area contributed by atoms with E-state index < -0.39 is 0 Å². The van der Waals surface area contributed by atoms with Gasteiger partial charge in [0.2, 0.25) is 0 Å². The number of amides is 1. The van der Waals surface area contributed by atoms with Crippen LogP contribution in [0.3, 0.4) is 0 Å². The van der Waals surface area contributed by atoms with Crippen molar-refractivity contribution in [1.82, 2.24) is 5.32 Å². The van der Waals surface area contributed by atoms with E-state index in [0.717, 1.165) is 12.8 Å². The molecule has 0 aliphatic carbocycles.